The van der Waals surface area contributed by atoms with E-state index >= 15 is 0 Å². The maximum Gasteiger partial charge on any atom is 0.234 e. The van der Waals surface area contributed by atoms with Gasteiger partial charge in [0.05, 0.1) is 0 Å². The third-order valence-corrected chi connectivity index (χ3v) is 6.41. The van der Waals surface area contributed by atoms with Crippen molar-refractivity contribution in [3.05, 3.63) is 36.1 Å². The zero-order valence-electron chi connectivity index (χ0n) is 18.6. The quantitative estimate of drug-likeness (QED) is 0.538. The molecule has 10 nitrogen and oxygen atoms in total. The largest absolute Gasteiger partial charge is 0.360 e. The Labute approximate surface area is 196 Å². The molecule has 33 heavy (non-hydrogen) atoms. The molecule has 0 atom stereocenters. The lowest BCUT2D eigenvalue weighted by Gasteiger charge is -2.32. The number of carbonyl (C=O) groups is 1. The summed E-state index contributed by atoms with van der Waals surface area (Å²) in [6, 6.07) is 9.52. The fourth-order valence-corrected chi connectivity index (χ4v) is 4.18. The fourth-order valence-electron chi connectivity index (χ4n) is 3.44. The van der Waals surface area contributed by atoms with Crippen LogP contribution in [-0.2, 0) is 4.79 Å². The number of nitrogens with one attached hydrogen (secondary N) is 2. The van der Waals surface area contributed by atoms with Crippen LogP contribution in [0.3, 0.4) is 0 Å². The number of likely N-dealkylation sites (N-methyl/N-ethyl adjacent to an activating group) is 1. The lowest BCUT2D eigenvalue weighted by Crippen LogP contribution is -2.45. The van der Waals surface area contributed by atoms with Crippen LogP contribution in [0.5, 0.6) is 0 Å². The zero-order chi connectivity index (χ0) is 22.8. The molecule has 1 saturated heterocycles. The van der Waals surface area contributed by atoms with Crippen molar-refractivity contribution in [1.29, 1.82) is 0 Å². The second-order valence-electron chi connectivity index (χ2n) is 8.37. The lowest BCUT2D eigenvalue weighted by atomic mass is 10.3. The highest BCUT2D eigenvalue weighted by atomic mass is 32.2. The van der Waals surface area contributed by atoms with E-state index in [0.717, 1.165) is 49.6 Å². The standard InChI is InChI=1S/C22H26N8O2S/c1-14-13-18(28-32-14)24-20-25-21(30-11-9-29(2)10-12-30)27-22(26-20)33-17-7-5-16(6-8-17)23-19(31)15-3-4-15/h5-8,13,15H,3-4,9-12H2,1-2H3,(H,23,31)(H,24,25,26,27,28). The Morgan fingerprint density at radius 3 is 2.52 bits per heavy atom. The average molecular weight is 467 g/mol. The van der Waals surface area contributed by atoms with Crippen LogP contribution in [0.2, 0.25) is 0 Å². The number of hydrogen-bond donors (Lipinski definition) is 2. The molecule has 2 aromatic heterocycles. The molecule has 5 rings (SSSR count). The van der Waals surface area contributed by atoms with E-state index in [0.29, 0.717) is 28.6 Å². The van der Waals surface area contributed by atoms with E-state index in [9.17, 15) is 4.79 Å². The Morgan fingerprint density at radius 1 is 1.09 bits per heavy atom. The average Bonchev–Trinajstić information content (AvgIpc) is 3.58. The first-order valence-corrected chi connectivity index (χ1v) is 11.8. The first-order chi connectivity index (χ1) is 16.0. The Kier molecular flexibility index (Phi) is 6.14. The van der Waals surface area contributed by atoms with Gasteiger partial charge in [0.25, 0.3) is 0 Å². The first-order valence-electron chi connectivity index (χ1n) is 11.0. The number of rotatable bonds is 7. The van der Waals surface area contributed by atoms with Crippen molar-refractivity contribution in [1.82, 2.24) is 25.0 Å². The normalized spacial score (nSPS) is 16.6. The topological polar surface area (TPSA) is 112 Å². The fraction of sp³-hybridized carbons (Fsp3) is 0.409. The molecule has 1 aromatic carbocycles. The molecule has 2 fully saturated rings. The van der Waals surface area contributed by atoms with Crippen LogP contribution in [0.25, 0.3) is 0 Å². The van der Waals surface area contributed by atoms with Crippen LogP contribution in [0, 0.1) is 12.8 Å². The number of aryl methyl sites for hydroxylation is 1. The van der Waals surface area contributed by atoms with Crippen molar-refractivity contribution in [2.45, 2.75) is 29.8 Å². The molecule has 1 amide bonds. The smallest absolute Gasteiger partial charge is 0.234 e. The van der Waals surface area contributed by atoms with Crippen LogP contribution in [0.4, 0.5) is 23.4 Å². The van der Waals surface area contributed by atoms with Crippen molar-refractivity contribution < 1.29 is 9.32 Å². The van der Waals surface area contributed by atoms with Crippen LogP contribution in [0.1, 0.15) is 18.6 Å². The Hall–Kier alpha value is -3.18. The maximum absolute atomic E-state index is 12.0. The van der Waals surface area contributed by atoms with E-state index < -0.39 is 0 Å². The Morgan fingerprint density at radius 2 is 1.85 bits per heavy atom. The summed E-state index contributed by atoms with van der Waals surface area (Å²) in [5.74, 6) is 2.59. The predicted molar refractivity (Wildman–Crippen MR) is 126 cm³/mol. The molecule has 1 aliphatic heterocycles. The summed E-state index contributed by atoms with van der Waals surface area (Å²) in [5.41, 5.74) is 0.800. The predicted octanol–water partition coefficient (Wildman–Crippen LogP) is 3.16. The number of hydrogen-bond acceptors (Lipinski definition) is 10. The second kappa shape index (κ2) is 9.36. The SMILES string of the molecule is Cc1cc(Nc2nc(Sc3ccc(NC(=O)C4CC4)cc3)nc(N3CCN(C)CC3)n2)no1. The van der Waals surface area contributed by atoms with Gasteiger partial charge in [0.2, 0.25) is 17.8 Å². The van der Waals surface area contributed by atoms with E-state index in [4.69, 9.17) is 9.51 Å². The molecule has 0 unspecified atom stereocenters. The minimum absolute atomic E-state index is 0.100. The van der Waals surface area contributed by atoms with Gasteiger partial charge < -0.3 is 25.0 Å². The summed E-state index contributed by atoms with van der Waals surface area (Å²) < 4.78 is 5.14. The number of aromatic nitrogens is 4. The van der Waals surface area contributed by atoms with Gasteiger partial charge in [-0.25, -0.2) is 0 Å². The number of piperazine rings is 1. The van der Waals surface area contributed by atoms with Crippen LogP contribution < -0.4 is 15.5 Å². The maximum atomic E-state index is 12.0. The Balaban J connectivity index is 1.35. The van der Waals surface area contributed by atoms with E-state index in [1.807, 2.05) is 31.2 Å². The monoisotopic (exact) mass is 466 g/mol. The second-order valence-corrected chi connectivity index (χ2v) is 9.41. The van der Waals surface area contributed by atoms with Crippen LogP contribution in [-0.4, -0.2) is 64.1 Å². The van der Waals surface area contributed by atoms with Gasteiger partial charge >= 0.3 is 0 Å². The van der Waals surface area contributed by atoms with Crippen molar-refractivity contribution in [3.63, 3.8) is 0 Å². The van der Waals surface area contributed by atoms with Gasteiger partial charge in [-0.1, -0.05) is 5.16 Å². The van der Waals surface area contributed by atoms with Gasteiger partial charge in [0.1, 0.15) is 5.76 Å². The molecular formula is C22H26N8O2S. The van der Waals surface area contributed by atoms with E-state index in [-0.39, 0.29) is 11.8 Å². The molecule has 1 aliphatic carbocycles. The molecule has 0 bridgehead atoms. The minimum Gasteiger partial charge on any atom is -0.360 e. The van der Waals surface area contributed by atoms with Crippen LogP contribution >= 0.6 is 11.8 Å². The van der Waals surface area contributed by atoms with Gasteiger partial charge in [0, 0.05) is 48.7 Å². The molecule has 2 aliphatic rings. The van der Waals surface area contributed by atoms with Crippen LogP contribution in [0.15, 0.2) is 44.9 Å². The highest BCUT2D eigenvalue weighted by Crippen LogP contribution is 2.31. The molecular weight excluding hydrogens is 440 g/mol. The van der Waals surface area contributed by atoms with E-state index in [2.05, 4.69) is 42.6 Å². The number of anilines is 4. The van der Waals surface area contributed by atoms with Gasteiger partial charge in [-0.3, -0.25) is 4.79 Å². The molecule has 11 heteroatoms. The molecule has 2 N–H and O–H groups in total. The Bertz CT molecular complexity index is 1120. The molecule has 1 saturated carbocycles. The van der Waals surface area contributed by atoms with E-state index in [1.54, 1.807) is 6.07 Å². The summed E-state index contributed by atoms with van der Waals surface area (Å²) in [6.45, 7) is 5.44. The molecule has 3 aromatic rings. The number of benzene rings is 1. The third kappa shape index (κ3) is 5.60. The van der Waals surface area contributed by atoms with Gasteiger partial charge in [-0.15, -0.1) is 0 Å². The number of amides is 1. The van der Waals surface area contributed by atoms with Crippen molar-refractivity contribution >= 4 is 41.1 Å². The van der Waals surface area contributed by atoms with Gasteiger partial charge in [-0.2, -0.15) is 15.0 Å². The molecule has 0 spiro atoms. The molecule has 0 radical (unpaired) electrons. The molecule has 3 heterocycles. The lowest BCUT2D eigenvalue weighted by molar-refractivity contribution is -0.117. The summed E-state index contributed by atoms with van der Waals surface area (Å²) in [7, 11) is 2.11. The third-order valence-electron chi connectivity index (χ3n) is 5.54. The first kappa shape index (κ1) is 21.7. The number of carbonyl (C=O) groups excluding carboxylic acids is 1. The molecule has 172 valence electrons. The zero-order valence-corrected chi connectivity index (χ0v) is 19.4. The van der Waals surface area contributed by atoms with E-state index in [1.165, 1.54) is 11.8 Å². The van der Waals surface area contributed by atoms with Gasteiger partial charge in [-0.05, 0) is 62.8 Å². The highest BCUT2D eigenvalue weighted by Gasteiger charge is 2.29. The minimum atomic E-state index is 0.100. The summed E-state index contributed by atoms with van der Waals surface area (Å²) in [5, 5.41) is 10.6. The van der Waals surface area contributed by atoms with Crippen molar-refractivity contribution in [2.75, 3.05) is 48.8 Å². The van der Waals surface area contributed by atoms with Crippen molar-refractivity contribution in [3.8, 4) is 0 Å². The number of nitrogens with zero attached hydrogens (tertiary/aromatic N) is 6. The summed E-state index contributed by atoms with van der Waals surface area (Å²) in [6.07, 6.45) is 1.97. The van der Waals surface area contributed by atoms with Crippen molar-refractivity contribution in [2.24, 2.45) is 5.92 Å². The van der Waals surface area contributed by atoms with Gasteiger partial charge in [0.15, 0.2) is 11.0 Å². The summed E-state index contributed by atoms with van der Waals surface area (Å²) in [4.78, 5) is 31.3. The summed E-state index contributed by atoms with van der Waals surface area (Å²) >= 11 is 1.45. The highest BCUT2D eigenvalue weighted by molar-refractivity contribution is 7.99.